The fourth-order valence-corrected chi connectivity index (χ4v) is 4.00. The van der Waals surface area contributed by atoms with Crippen LogP contribution in [0, 0.1) is 5.82 Å². The first-order valence-electron chi connectivity index (χ1n) is 7.98. The molecule has 3 rings (SSSR count). The van der Waals surface area contributed by atoms with Gasteiger partial charge < -0.3 is 5.32 Å². The molecule has 2 heterocycles. The maximum atomic E-state index is 13.6. The number of nitrogens with zero attached hydrogens (tertiary/aromatic N) is 1. The van der Waals surface area contributed by atoms with Gasteiger partial charge in [-0.1, -0.05) is 30.3 Å². The van der Waals surface area contributed by atoms with E-state index in [9.17, 15) is 9.18 Å². The van der Waals surface area contributed by atoms with Crippen LogP contribution in [0.1, 0.15) is 15.3 Å². The second kappa shape index (κ2) is 8.89. The molecule has 0 saturated heterocycles. The Bertz CT molecular complexity index is 751. The van der Waals surface area contributed by atoms with E-state index in [-0.39, 0.29) is 24.8 Å². The minimum absolute atomic E-state index is 0.101. The third-order valence-corrected chi connectivity index (χ3v) is 5.44. The monoisotopic (exact) mass is 374 g/mol. The summed E-state index contributed by atoms with van der Waals surface area (Å²) in [5.74, 6) is -0.395. The summed E-state index contributed by atoms with van der Waals surface area (Å²) in [6.07, 6.45) is 0. The van der Waals surface area contributed by atoms with Crippen molar-refractivity contribution in [3.63, 3.8) is 0 Å². The lowest BCUT2D eigenvalue weighted by atomic mass is 10.2. The van der Waals surface area contributed by atoms with Crippen LogP contribution < -0.4 is 5.32 Å². The van der Waals surface area contributed by atoms with E-state index in [0.29, 0.717) is 5.56 Å². The van der Waals surface area contributed by atoms with E-state index < -0.39 is 0 Å². The van der Waals surface area contributed by atoms with Gasteiger partial charge in [0.2, 0.25) is 5.91 Å². The maximum Gasteiger partial charge on any atom is 0.234 e. The molecule has 0 radical (unpaired) electrons. The Morgan fingerprint density at radius 3 is 2.16 bits per heavy atom. The number of carbonyl (C=O) groups is 1. The largest absolute Gasteiger partial charge is 0.351 e. The summed E-state index contributed by atoms with van der Waals surface area (Å²) >= 11 is 3.37. The third-order valence-electron chi connectivity index (χ3n) is 3.72. The Hall–Kier alpha value is -2.02. The minimum atomic E-state index is -0.295. The Kier molecular flexibility index (Phi) is 6.33. The van der Waals surface area contributed by atoms with E-state index in [1.54, 1.807) is 40.9 Å². The summed E-state index contributed by atoms with van der Waals surface area (Å²) in [7, 11) is 0. The normalized spacial score (nSPS) is 11.0. The second-order valence-corrected chi connectivity index (χ2v) is 7.74. The molecule has 3 nitrogen and oxygen atoms in total. The van der Waals surface area contributed by atoms with Crippen LogP contribution in [0.25, 0.3) is 0 Å². The first-order chi connectivity index (χ1) is 12.2. The van der Waals surface area contributed by atoms with Crippen LogP contribution in [0.4, 0.5) is 4.39 Å². The topological polar surface area (TPSA) is 32.3 Å². The summed E-state index contributed by atoms with van der Waals surface area (Å²) in [5, 5.41) is 6.89. The number of hydrogen-bond donors (Lipinski definition) is 1. The molecule has 0 unspecified atom stereocenters. The number of thiophene rings is 2. The van der Waals surface area contributed by atoms with Crippen LogP contribution in [0.2, 0.25) is 0 Å². The highest BCUT2D eigenvalue weighted by atomic mass is 32.1. The van der Waals surface area contributed by atoms with Gasteiger partial charge in [-0.2, -0.15) is 0 Å². The van der Waals surface area contributed by atoms with Crippen molar-refractivity contribution >= 4 is 28.6 Å². The number of hydrogen-bond acceptors (Lipinski definition) is 4. The zero-order valence-corrected chi connectivity index (χ0v) is 15.3. The molecule has 0 fully saturated rings. The van der Waals surface area contributed by atoms with E-state index >= 15 is 0 Å². The van der Waals surface area contributed by atoms with Gasteiger partial charge in [-0.05, 0) is 29.0 Å². The zero-order chi connectivity index (χ0) is 17.5. The number of amides is 1. The molecule has 1 amide bonds. The number of benzene rings is 1. The molecule has 3 aromatic rings. The molecular formula is C19H19FN2OS2. The lowest BCUT2D eigenvalue weighted by Crippen LogP contribution is -2.36. The van der Waals surface area contributed by atoms with Gasteiger partial charge in [0.15, 0.2) is 0 Å². The molecule has 0 spiro atoms. The number of nitrogens with one attached hydrogen (secondary N) is 1. The maximum absolute atomic E-state index is 13.6. The van der Waals surface area contributed by atoms with E-state index in [0.717, 1.165) is 13.1 Å². The van der Waals surface area contributed by atoms with Gasteiger partial charge in [0.05, 0.1) is 6.54 Å². The molecule has 0 saturated carbocycles. The third kappa shape index (κ3) is 5.49. The molecule has 0 aliphatic rings. The summed E-state index contributed by atoms with van der Waals surface area (Å²) in [6.45, 7) is 1.94. The summed E-state index contributed by atoms with van der Waals surface area (Å²) in [4.78, 5) is 16.9. The van der Waals surface area contributed by atoms with Gasteiger partial charge in [-0.15, -0.1) is 22.7 Å². The molecule has 25 heavy (non-hydrogen) atoms. The van der Waals surface area contributed by atoms with Gasteiger partial charge in [0.1, 0.15) is 5.82 Å². The van der Waals surface area contributed by atoms with Crippen molar-refractivity contribution in [2.75, 3.05) is 6.54 Å². The fourth-order valence-electron chi connectivity index (χ4n) is 2.51. The Morgan fingerprint density at radius 2 is 1.60 bits per heavy atom. The van der Waals surface area contributed by atoms with Crippen molar-refractivity contribution in [1.29, 1.82) is 0 Å². The van der Waals surface area contributed by atoms with Crippen LogP contribution in [0.15, 0.2) is 59.3 Å². The van der Waals surface area contributed by atoms with E-state index in [1.807, 2.05) is 22.9 Å². The predicted molar refractivity (Wildman–Crippen MR) is 101 cm³/mol. The van der Waals surface area contributed by atoms with E-state index in [4.69, 9.17) is 0 Å². The van der Waals surface area contributed by atoms with Crippen LogP contribution in [0.3, 0.4) is 0 Å². The number of carbonyl (C=O) groups excluding carboxylic acids is 1. The van der Waals surface area contributed by atoms with Crippen LogP contribution in [0.5, 0.6) is 0 Å². The summed E-state index contributed by atoms with van der Waals surface area (Å²) in [6, 6.07) is 14.7. The Morgan fingerprint density at radius 1 is 0.960 bits per heavy atom. The van der Waals surface area contributed by atoms with Gasteiger partial charge in [-0.3, -0.25) is 9.69 Å². The van der Waals surface area contributed by atoms with Crippen molar-refractivity contribution in [3.8, 4) is 0 Å². The summed E-state index contributed by atoms with van der Waals surface area (Å²) in [5.41, 5.74) is 0.499. The molecule has 0 atom stereocenters. The van der Waals surface area contributed by atoms with E-state index in [2.05, 4.69) is 22.3 Å². The average Bonchev–Trinajstić information content (AvgIpc) is 3.28. The molecule has 1 N–H and O–H groups in total. The molecular weight excluding hydrogens is 355 g/mol. The Labute approximate surface area is 154 Å². The quantitative estimate of drug-likeness (QED) is 0.639. The second-order valence-electron chi connectivity index (χ2n) is 5.67. The zero-order valence-electron chi connectivity index (χ0n) is 13.7. The Balaban J connectivity index is 1.58. The lowest BCUT2D eigenvalue weighted by Gasteiger charge is -2.20. The van der Waals surface area contributed by atoms with Crippen LogP contribution in [-0.2, 0) is 24.4 Å². The molecule has 0 aliphatic carbocycles. The number of halogens is 1. The minimum Gasteiger partial charge on any atom is -0.351 e. The van der Waals surface area contributed by atoms with Crippen molar-refractivity contribution in [2.24, 2.45) is 0 Å². The van der Waals surface area contributed by atoms with Gasteiger partial charge in [-0.25, -0.2) is 4.39 Å². The fraction of sp³-hybridized carbons (Fsp3) is 0.211. The highest BCUT2D eigenvalue weighted by Crippen LogP contribution is 2.17. The first-order valence-corrected chi connectivity index (χ1v) is 9.74. The predicted octanol–water partition coefficient (Wildman–Crippen LogP) is 4.27. The molecule has 2 aromatic heterocycles. The first kappa shape index (κ1) is 17.8. The highest BCUT2D eigenvalue weighted by Gasteiger charge is 2.13. The van der Waals surface area contributed by atoms with Crippen molar-refractivity contribution in [2.45, 2.75) is 19.6 Å². The van der Waals surface area contributed by atoms with Crippen LogP contribution in [-0.4, -0.2) is 17.4 Å². The standard InChI is InChI=1S/C19H19FN2OS2/c20-18-8-2-1-5-15(18)11-21-19(23)14-22(12-16-6-3-9-24-16)13-17-7-4-10-25-17/h1-10H,11-14H2,(H,21,23). The molecule has 6 heteroatoms. The highest BCUT2D eigenvalue weighted by molar-refractivity contribution is 7.10. The summed E-state index contributed by atoms with van der Waals surface area (Å²) < 4.78 is 13.6. The van der Waals surface area contributed by atoms with Crippen molar-refractivity contribution in [3.05, 3.63) is 80.4 Å². The lowest BCUT2D eigenvalue weighted by molar-refractivity contribution is -0.122. The molecule has 130 valence electrons. The SMILES string of the molecule is O=C(CN(Cc1cccs1)Cc1cccs1)NCc1ccccc1F. The average molecular weight is 375 g/mol. The van der Waals surface area contributed by atoms with Crippen molar-refractivity contribution < 1.29 is 9.18 Å². The van der Waals surface area contributed by atoms with Crippen LogP contribution >= 0.6 is 22.7 Å². The number of rotatable bonds is 8. The molecule has 1 aromatic carbocycles. The van der Waals surface area contributed by atoms with E-state index in [1.165, 1.54) is 15.8 Å². The molecule has 0 aliphatic heterocycles. The smallest absolute Gasteiger partial charge is 0.234 e. The molecule has 0 bridgehead atoms. The van der Waals surface area contributed by atoms with Gasteiger partial charge in [0, 0.05) is 35.0 Å². The van der Waals surface area contributed by atoms with Gasteiger partial charge >= 0.3 is 0 Å². The van der Waals surface area contributed by atoms with Crippen molar-refractivity contribution in [1.82, 2.24) is 10.2 Å². The van der Waals surface area contributed by atoms with Gasteiger partial charge in [0.25, 0.3) is 0 Å².